The number of hydrogen-bond acceptors (Lipinski definition) is 3. The highest BCUT2D eigenvalue weighted by Crippen LogP contribution is 2.11. The van der Waals surface area contributed by atoms with Crippen LogP contribution < -0.4 is 0 Å². The maximum atomic E-state index is 10.7. The monoisotopic (exact) mass is 189 g/mol. The van der Waals surface area contributed by atoms with E-state index in [0.717, 1.165) is 5.75 Å². The number of nitroso groups, excluding NO2 is 1. The number of unbranched alkanes of at least 4 members (excludes halogenated alkanes) is 1. The fourth-order valence-corrected chi connectivity index (χ4v) is 1.82. The predicted molar refractivity (Wildman–Crippen MR) is 52.2 cm³/mol. The molecule has 0 N–H and O–H groups in total. The summed E-state index contributed by atoms with van der Waals surface area (Å²) in [6.45, 7) is 3.87. The minimum Gasteiger partial charge on any atom is -0.269 e. The molecule has 70 valence electrons. The van der Waals surface area contributed by atoms with Crippen molar-refractivity contribution in [3.8, 4) is 0 Å². The third-order valence-electron chi connectivity index (χ3n) is 1.52. The average molecular weight is 189 g/mol. The topological polar surface area (TPSA) is 46.5 Å². The van der Waals surface area contributed by atoms with Gasteiger partial charge in [0.1, 0.15) is 0 Å². The Morgan fingerprint density at radius 1 is 1.58 bits per heavy atom. The Kier molecular flexibility index (Phi) is 7.05. The molecule has 0 aliphatic heterocycles. The fraction of sp³-hybridized carbons (Fsp3) is 0.875. The van der Waals surface area contributed by atoms with Crippen LogP contribution in [-0.4, -0.2) is 17.4 Å². The van der Waals surface area contributed by atoms with Crippen LogP contribution in [-0.2, 0) is 4.79 Å². The average Bonchev–Trinajstić information content (AvgIpc) is 2.10. The number of amides is 1. The molecule has 0 saturated heterocycles. The molecule has 12 heavy (non-hydrogen) atoms. The van der Waals surface area contributed by atoms with Crippen molar-refractivity contribution in [3.63, 3.8) is 0 Å². The second-order valence-electron chi connectivity index (χ2n) is 2.76. The van der Waals surface area contributed by atoms with Crippen LogP contribution in [0.4, 0.5) is 0 Å². The molecular formula is C8H15NO2S. The minimum atomic E-state index is -0.529. The van der Waals surface area contributed by atoms with Gasteiger partial charge in [0, 0.05) is 16.8 Å². The highest BCUT2D eigenvalue weighted by molar-refractivity contribution is 7.99. The minimum absolute atomic E-state index is 0.218. The first-order valence-electron chi connectivity index (χ1n) is 4.17. The molecule has 0 heterocycles. The van der Waals surface area contributed by atoms with E-state index in [9.17, 15) is 9.70 Å². The predicted octanol–water partition coefficient (Wildman–Crippen LogP) is 2.45. The van der Waals surface area contributed by atoms with E-state index in [1.54, 1.807) is 18.7 Å². The SMILES string of the molecule is CCCCSCC(C)C(=O)N=O. The van der Waals surface area contributed by atoms with Crippen LogP contribution in [0, 0.1) is 10.8 Å². The second-order valence-corrected chi connectivity index (χ2v) is 3.91. The Labute approximate surface area is 77.3 Å². The highest BCUT2D eigenvalue weighted by atomic mass is 32.2. The summed E-state index contributed by atoms with van der Waals surface area (Å²) < 4.78 is 0. The molecule has 1 atom stereocenters. The molecule has 0 rings (SSSR count). The number of rotatable bonds is 6. The Bertz CT molecular complexity index is 150. The van der Waals surface area contributed by atoms with Gasteiger partial charge in [0.25, 0.3) is 5.91 Å². The van der Waals surface area contributed by atoms with Gasteiger partial charge in [0.05, 0.1) is 0 Å². The van der Waals surface area contributed by atoms with Gasteiger partial charge in [-0.05, 0) is 12.2 Å². The van der Waals surface area contributed by atoms with Crippen molar-refractivity contribution in [1.82, 2.24) is 0 Å². The maximum Gasteiger partial charge on any atom is 0.289 e. The Morgan fingerprint density at radius 3 is 2.75 bits per heavy atom. The summed E-state index contributed by atoms with van der Waals surface area (Å²) in [5.74, 6) is 1.03. The third kappa shape index (κ3) is 5.29. The molecule has 0 fully saturated rings. The summed E-state index contributed by atoms with van der Waals surface area (Å²) in [6, 6.07) is 0. The normalized spacial score (nSPS) is 12.5. The lowest BCUT2D eigenvalue weighted by atomic mass is 10.2. The molecule has 1 amide bonds. The number of carbonyl (C=O) groups is 1. The smallest absolute Gasteiger partial charge is 0.269 e. The molecule has 0 bridgehead atoms. The van der Waals surface area contributed by atoms with Gasteiger partial charge in [-0.25, -0.2) is 0 Å². The largest absolute Gasteiger partial charge is 0.289 e. The molecule has 0 aromatic rings. The van der Waals surface area contributed by atoms with E-state index in [4.69, 9.17) is 0 Å². The summed E-state index contributed by atoms with van der Waals surface area (Å²) in [5, 5.41) is 2.39. The van der Waals surface area contributed by atoms with Crippen molar-refractivity contribution in [2.24, 2.45) is 11.1 Å². The number of carbonyl (C=O) groups excluding carboxylic acids is 1. The van der Waals surface area contributed by atoms with Crippen LogP contribution in [0.3, 0.4) is 0 Å². The first-order valence-corrected chi connectivity index (χ1v) is 5.32. The van der Waals surface area contributed by atoms with E-state index in [-0.39, 0.29) is 5.92 Å². The van der Waals surface area contributed by atoms with Crippen molar-refractivity contribution >= 4 is 17.7 Å². The van der Waals surface area contributed by atoms with Crippen LogP contribution in [0.1, 0.15) is 26.7 Å². The molecule has 0 aliphatic carbocycles. The number of hydrogen-bond donors (Lipinski definition) is 0. The molecule has 0 saturated carbocycles. The van der Waals surface area contributed by atoms with Crippen molar-refractivity contribution in [2.75, 3.05) is 11.5 Å². The summed E-state index contributed by atoms with van der Waals surface area (Å²) >= 11 is 1.71. The van der Waals surface area contributed by atoms with Crippen molar-refractivity contribution in [3.05, 3.63) is 4.91 Å². The van der Waals surface area contributed by atoms with E-state index in [1.165, 1.54) is 12.8 Å². The number of thioether (sulfide) groups is 1. The lowest BCUT2D eigenvalue weighted by molar-refractivity contribution is -0.120. The first-order chi connectivity index (χ1) is 5.72. The van der Waals surface area contributed by atoms with Crippen LogP contribution >= 0.6 is 11.8 Å². The van der Waals surface area contributed by atoms with Gasteiger partial charge in [-0.3, -0.25) is 4.79 Å². The number of nitrogens with zero attached hydrogens (tertiary/aromatic N) is 1. The molecule has 3 nitrogen and oxygen atoms in total. The second kappa shape index (κ2) is 7.28. The summed E-state index contributed by atoms with van der Waals surface area (Å²) in [7, 11) is 0. The van der Waals surface area contributed by atoms with Gasteiger partial charge in [-0.1, -0.05) is 20.3 Å². The third-order valence-corrected chi connectivity index (χ3v) is 2.83. The molecule has 0 radical (unpaired) electrons. The molecule has 0 spiro atoms. The van der Waals surface area contributed by atoms with Crippen molar-refractivity contribution in [1.29, 1.82) is 0 Å². The van der Waals surface area contributed by atoms with Crippen LogP contribution in [0.5, 0.6) is 0 Å². The van der Waals surface area contributed by atoms with Crippen LogP contribution in [0.2, 0.25) is 0 Å². The molecular weight excluding hydrogens is 174 g/mol. The van der Waals surface area contributed by atoms with Gasteiger partial charge in [0.2, 0.25) is 0 Å². The van der Waals surface area contributed by atoms with Crippen molar-refractivity contribution in [2.45, 2.75) is 26.7 Å². The van der Waals surface area contributed by atoms with E-state index in [1.807, 2.05) is 0 Å². The molecule has 4 heteroatoms. The lowest BCUT2D eigenvalue weighted by Gasteiger charge is -2.03. The highest BCUT2D eigenvalue weighted by Gasteiger charge is 2.12. The summed E-state index contributed by atoms with van der Waals surface area (Å²) in [6.07, 6.45) is 2.33. The van der Waals surface area contributed by atoms with E-state index >= 15 is 0 Å². The van der Waals surface area contributed by atoms with Crippen LogP contribution in [0.15, 0.2) is 5.18 Å². The maximum absolute atomic E-state index is 10.7. The first kappa shape index (κ1) is 11.6. The van der Waals surface area contributed by atoms with Gasteiger partial charge in [-0.2, -0.15) is 11.8 Å². The molecule has 0 aromatic carbocycles. The Balaban J connectivity index is 3.37. The standard InChI is InChI=1S/C8H15NO2S/c1-3-4-5-12-6-7(2)8(10)9-11/h7H,3-6H2,1-2H3. The van der Waals surface area contributed by atoms with E-state index < -0.39 is 5.91 Å². The van der Waals surface area contributed by atoms with E-state index in [0.29, 0.717) is 5.75 Å². The zero-order valence-corrected chi connectivity index (χ0v) is 8.39. The zero-order valence-electron chi connectivity index (χ0n) is 7.58. The molecule has 1 unspecified atom stereocenters. The van der Waals surface area contributed by atoms with Crippen LogP contribution in [0.25, 0.3) is 0 Å². The zero-order chi connectivity index (χ0) is 9.40. The molecule has 0 aliphatic rings. The van der Waals surface area contributed by atoms with Gasteiger partial charge in [0.15, 0.2) is 0 Å². The Morgan fingerprint density at radius 2 is 2.25 bits per heavy atom. The van der Waals surface area contributed by atoms with Gasteiger partial charge >= 0.3 is 0 Å². The van der Waals surface area contributed by atoms with Gasteiger partial charge in [-0.15, -0.1) is 4.91 Å². The quantitative estimate of drug-likeness (QED) is 0.476. The van der Waals surface area contributed by atoms with Gasteiger partial charge < -0.3 is 0 Å². The fourth-order valence-electron chi connectivity index (χ4n) is 0.668. The molecule has 0 aromatic heterocycles. The lowest BCUT2D eigenvalue weighted by Crippen LogP contribution is -2.10. The summed E-state index contributed by atoms with van der Waals surface area (Å²) in [5.41, 5.74) is 0. The Hall–Kier alpha value is -0.380. The van der Waals surface area contributed by atoms with E-state index in [2.05, 4.69) is 12.1 Å². The van der Waals surface area contributed by atoms with Crippen molar-refractivity contribution < 1.29 is 4.79 Å². The summed E-state index contributed by atoms with van der Waals surface area (Å²) in [4.78, 5) is 20.5.